The molecule has 1 aliphatic rings. The summed E-state index contributed by atoms with van der Waals surface area (Å²) in [6.45, 7) is 6.92. The fourth-order valence-electron chi connectivity index (χ4n) is 3.70. The van der Waals surface area contributed by atoms with E-state index in [1.165, 1.54) is 19.1 Å². The number of carbonyl (C=O) groups is 6. The molecule has 42 heavy (non-hydrogen) atoms. The number of nitrogens with zero attached hydrogens (tertiary/aromatic N) is 1. The molecule has 0 saturated heterocycles. The number of rotatable bonds is 14. The molecule has 0 aliphatic carbocycles. The van der Waals surface area contributed by atoms with Crippen LogP contribution in [-0.2, 0) is 35.3 Å². The van der Waals surface area contributed by atoms with Crippen molar-refractivity contribution in [1.82, 2.24) is 20.9 Å². The summed E-state index contributed by atoms with van der Waals surface area (Å²) in [6.07, 6.45) is 1.75. The first-order valence-electron chi connectivity index (χ1n) is 13.5. The Bertz CT molecular complexity index is 1180. The molecule has 1 aliphatic heterocycles. The molecule has 3 atom stereocenters. The minimum absolute atomic E-state index is 0.0388. The monoisotopic (exact) mass is 588 g/mol. The molecule has 0 spiro atoms. The summed E-state index contributed by atoms with van der Waals surface area (Å²) >= 11 is 0. The lowest BCUT2D eigenvalue weighted by Crippen LogP contribution is -2.52. The lowest BCUT2D eigenvalue weighted by Gasteiger charge is -2.22. The van der Waals surface area contributed by atoms with Gasteiger partial charge in [0.15, 0.2) is 0 Å². The Labute approximate surface area is 244 Å². The highest BCUT2D eigenvalue weighted by Gasteiger charge is 2.27. The first-order valence-corrected chi connectivity index (χ1v) is 13.5. The van der Waals surface area contributed by atoms with Crippen LogP contribution in [0, 0.1) is 5.41 Å². The predicted molar refractivity (Wildman–Crippen MR) is 152 cm³/mol. The number of nitrogens with one attached hydrogen (secondary N) is 4. The van der Waals surface area contributed by atoms with Gasteiger partial charge in [-0.3, -0.25) is 24.0 Å². The maximum absolute atomic E-state index is 13.1. The topological polar surface area (TPSA) is 209 Å². The summed E-state index contributed by atoms with van der Waals surface area (Å²) < 4.78 is 5.29. The van der Waals surface area contributed by atoms with Gasteiger partial charge in [0.05, 0.1) is 5.41 Å². The number of carbonyl (C=O) groups excluding carboxylic acids is 6. The summed E-state index contributed by atoms with van der Waals surface area (Å²) in [5.74, 6) is -2.43. The van der Waals surface area contributed by atoms with Crippen LogP contribution in [0.5, 0.6) is 0 Å². The van der Waals surface area contributed by atoms with Gasteiger partial charge < -0.3 is 41.7 Å². The number of aliphatic hydroxyl groups excluding tert-OH is 1. The summed E-state index contributed by atoms with van der Waals surface area (Å²) in [6, 6.07) is 3.91. The highest BCUT2D eigenvalue weighted by Crippen LogP contribution is 2.17. The zero-order valence-electron chi connectivity index (χ0n) is 24.3. The Kier molecular flexibility index (Phi) is 12.5. The van der Waals surface area contributed by atoms with Crippen molar-refractivity contribution in [1.29, 1.82) is 0 Å². The molecule has 14 nitrogen and oxygen atoms in total. The quantitative estimate of drug-likeness (QED) is 0.131. The van der Waals surface area contributed by atoms with Gasteiger partial charge in [0.2, 0.25) is 23.6 Å². The maximum Gasteiger partial charge on any atom is 0.312 e. The Morgan fingerprint density at radius 1 is 1.07 bits per heavy atom. The van der Waals surface area contributed by atoms with E-state index in [2.05, 4.69) is 21.3 Å². The van der Waals surface area contributed by atoms with Crippen molar-refractivity contribution in [3.8, 4) is 0 Å². The van der Waals surface area contributed by atoms with E-state index in [4.69, 9.17) is 10.5 Å². The second kappa shape index (κ2) is 15.5. The molecule has 0 bridgehead atoms. The molecule has 1 unspecified atom stereocenters. The molecule has 0 aromatic heterocycles. The molecule has 2 rings (SSSR count). The molecule has 7 N–H and O–H groups in total. The number of hydrogen-bond acceptors (Lipinski definition) is 8. The number of hydrogen-bond donors (Lipinski definition) is 6. The Balaban J connectivity index is 1.95. The Hall–Kier alpha value is -4.46. The third-order valence-corrected chi connectivity index (χ3v) is 6.17. The third-order valence-electron chi connectivity index (χ3n) is 6.17. The summed E-state index contributed by atoms with van der Waals surface area (Å²) in [5, 5.41) is 20.0. The molecule has 1 aromatic rings. The van der Waals surface area contributed by atoms with E-state index in [9.17, 15) is 33.9 Å². The standard InChI is InChI=1S/C28H40N6O8/c1-17(31-21(35)13-15-34-22(36)11-12-23(34)37)24(38)33-20(6-5-14-30-27(29)41)25(39)32-19-9-7-18(8-10-19)16-42-26(40)28(2,3)4/h7-12,17,20,22,36H,5-6,13-16H2,1-4H3,(H,31,35)(H,32,39)(H,33,38)(H3,29,30,41)/t17-,20-,22?/m0/s1. The van der Waals surface area contributed by atoms with Crippen LogP contribution in [0.3, 0.4) is 0 Å². The minimum atomic E-state index is -1.10. The molecule has 14 heteroatoms. The highest BCUT2D eigenvalue weighted by atomic mass is 16.5. The van der Waals surface area contributed by atoms with Gasteiger partial charge in [-0.2, -0.15) is 0 Å². The lowest BCUT2D eigenvalue weighted by molar-refractivity contribution is -0.154. The number of primary amides is 1. The van der Waals surface area contributed by atoms with E-state index in [1.807, 2.05) is 0 Å². The largest absolute Gasteiger partial charge is 0.460 e. The Morgan fingerprint density at radius 3 is 2.31 bits per heavy atom. The highest BCUT2D eigenvalue weighted by molar-refractivity contribution is 5.98. The van der Waals surface area contributed by atoms with Crippen LogP contribution in [-0.4, -0.2) is 77.0 Å². The molecule has 6 amide bonds. The van der Waals surface area contributed by atoms with E-state index < -0.39 is 53.4 Å². The van der Waals surface area contributed by atoms with E-state index in [-0.39, 0.29) is 38.5 Å². The fourth-order valence-corrected chi connectivity index (χ4v) is 3.70. The van der Waals surface area contributed by atoms with Crippen LogP contribution >= 0.6 is 0 Å². The fraction of sp³-hybridized carbons (Fsp3) is 0.500. The van der Waals surface area contributed by atoms with Crippen molar-refractivity contribution in [2.75, 3.05) is 18.4 Å². The molecule has 0 saturated carbocycles. The SMILES string of the molecule is C[C@H](NC(=O)CCN1C(=O)C=CC1O)C(=O)N[C@@H](CCCNC(N)=O)C(=O)Nc1ccc(COC(=O)C(C)(C)C)cc1. The van der Waals surface area contributed by atoms with Gasteiger partial charge >= 0.3 is 12.0 Å². The van der Waals surface area contributed by atoms with Crippen molar-refractivity contribution in [3.05, 3.63) is 42.0 Å². The van der Waals surface area contributed by atoms with Crippen LogP contribution in [0.1, 0.15) is 52.5 Å². The van der Waals surface area contributed by atoms with Crippen molar-refractivity contribution in [3.63, 3.8) is 0 Å². The second-order valence-electron chi connectivity index (χ2n) is 10.9. The molecular formula is C28H40N6O8. The van der Waals surface area contributed by atoms with E-state index in [1.54, 1.807) is 45.0 Å². The van der Waals surface area contributed by atoms with Crippen molar-refractivity contribution in [2.45, 2.75) is 71.9 Å². The molecule has 0 fully saturated rings. The number of anilines is 1. The summed E-state index contributed by atoms with van der Waals surface area (Å²) in [4.78, 5) is 74.0. The number of esters is 1. The number of amides is 6. The van der Waals surface area contributed by atoms with Crippen LogP contribution in [0.25, 0.3) is 0 Å². The van der Waals surface area contributed by atoms with Gasteiger partial charge in [-0.1, -0.05) is 12.1 Å². The van der Waals surface area contributed by atoms with E-state index in [0.29, 0.717) is 12.1 Å². The van der Waals surface area contributed by atoms with E-state index in [0.717, 1.165) is 10.5 Å². The molecule has 230 valence electrons. The maximum atomic E-state index is 13.1. The minimum Gasteiger partial charge on any atom is -0.460 e. The Morgan fingerprint density at radius 2 is 1.74 bits per heavy atom. The van der Waals surface area contributed by atoms with Crippen molar-refractivity contribution >= 4 is 41.3 Å². The van der Waals surface area contributed by atoms with Gasteiger partial charge in [-0.05, 0) is 64.3 Å². The number of nitrogens with two attached hydrogens (primary N) is 1. The zero-order valence-corrected chi connectivity index (χ0v) is 24.3. The molecule has 1 heterocycles. The molecular weight excluding hydrogens is 548 g/mol. The van der Waals surface area contributed by atoms with Crippen LogP contribution in [0.2, 0.25) is 0 Å². The van der Waals surface area contributed by atoms with Gasteiger partial charge in [-0.15, -0.1) is 0 Å². The van der Waals surface area contributed by atoms with Crippen molar-refractivity contribution in [2.24, 2.45) is 11.1 Å². The second-order valence-corrected chi connectivity index (χ2v) is 10.9. The first kappa shape index (κ1) is 33.7. The molecule has 0 radical (unpaired) electrons. The molecule has 1 aromatic carbocycles. The smallest absolute Gasteiger partial charge is 0.312 e. The van der Waals surface area contributed by atoms with Gasteiger partial charge in [0.25, 0.3) is 0 Å². The van der Waals surface area contributed by atoms with Crippen LogP contribution < -0.4 is 27.0 Å². The third kappa shape index (κ3) is 11.2. The number of aliphatic hydroxyl groups is 1. The predicted octanol–water partition coefficient (Wildman–Crippen LogP) is 0.259. The van der Waals surface area contributed by atoms with Gasteiger partial charge in [-0.25, -0.2) is 4.79 Å². The normalized spacial score (nSPS) is 15.9. The van der Waals surface area contributed by atoms with Gasteiger partial charge in [0, 0.05) is 31.3 Å². The van der Waals surface area contributed by atoms with Crippen molar-refractivity contribution < 1.29 is 38.6 Å². The zero-order chi connectivity index (χ0) is 31.4. The summed E-state index contributed by atoms with van der Waals surface area (Å²) in [5.41, 5.74) is 5.61. The lowest BCUT2D eigenvalue weighted by atomic mass is 9.97. The number of urea groups is 1. The van der Waals surface area contributed by atoms with E-state index >= 15 is 0 Å². The van der Waals surface area contributed by atoms with Crippen LogP contribution in [0.15, 0.2) is 36.4 Å². The average Bonchev–Trinajstić information content (AvgIpc) is 3.24. The number of benzene rings is 1. The number of ether oxygens (including phenoxy) is 1. The summed E-state index contributed by atoms with van der Waals surface area (Å²) in [7, 11) is 0. The first-order chi connectivity index (χ1) is 19.7. The van der Waals surface area contributed by atoms with Crippen LogP contribution in [0.4, 0.5) is 10.5 Å². The van der Waals surface area contributed by atoms with Gasteiger partial charge in [0.1, 0.15) is 24.9 Å². The average molecular weight is 589 g/mol.